The third-order valence-electron chi connectivity index (χ3n) is 3.60. The molecule has 3 rings (SSSR count). The summed E-state index contributed by atoms with van der Waals surface area (Å²) in [5.41, 5.74) is 1.63. The van der Waals surface area contributed by atoms with Crippen molar-refractivity contribution in [3.63, 3.8) is 0 Å². The van der Waals surface area contributed by atoms with Crippen LogP contribution in [0.15, 0.2) is 42.6 Å². The Labute approximate surface area is 128 Å². The average Bonchev–Trinajstić information content (AvgIpc) is 2.91. The third kappa shape index (κ3) is 2.95. The van der Waals surface area contributed by atoms with Gasteiger partial charge >= 0.3 is 0 Å². The van der Waals surface area contributed by atoms with Gasteiger partial charge in [0.15, 0.2) is 6.10 Å². The van der Waals surface area contributed by atoms with E-state index in [0.717, 1.165) is 5.69 Å². The van der Waals surface area contributed by atoms with Gasteiger partial charge in [0.1, 0.15) is 5.75 Å². The van der Waals surface area contributed by atoms with Gasteiger partial charge in [0.2, 0.25) is 5.91 Å². The minimum atomic E-state index is -0.802. The van der Waals surface area contributed by atoms with Gasteiger partial charge in [-0.2, -0.15) is 0 Å². The van der Waals surface area contributed by atoms with Crippen molar-refractivity contribution in [3.05, 3.63) is 48.3 Å². The van der Waals surface area contributed by atoms with Gasteiger partial charge < -0.3 is 19.9 Å². The van der Waals surface area contributed by atoms with Crippen molar-refractivity contribution in [2.45, 2.75) is 19.1 Å². The Morgan fingerprint density at radius 3 is 2.91 bits per heavy atom. The standard InChI is InChI=1S/C16H17N3O3/c1-19-8-4-5-11(19)10-17-15(20)9-14-16(21)18-12-6-2-3-7-13(12)22-14/h2-8,14H,9-10H2,1H3,(H,17,20)(H,18,21)/t14-/m0/s1. The van der Waals surface area contributed by atoms with E-state index in [1.165, 1.54) is 0 Å². The highest BCUT2D eigenvalue weighted by molar-refractivity contribution is 5.99. The zero-order valence-electron chi connectivity index (χ0n) is 12.2. The first-order chi connectivity index (χ1) is 10.6. The summed E-state index contributed by atoms with van der Waals surface area (Å²) in [4.78, 5) is 24.0. The summed E-state index contributed by atoms with van der Waals surface area (Å²) < 4.78 is 7.53. The van der Waals surface area contributed by atoms with Crippen LogP contribution in [-0.4, -0.2) is 22.5 Å². The van der Waals surface area contributed by atoms with Crippen LogP contribution in [0.4, 0.5) is 5.69 Å². The molecule has 2 aromatic rings. The Morgan fingerprint density at radius 1 is 1.32 bits per heavy atom. The second-order valence-electron chi connectivity index (χ2n) is 5.18. The predicted molar refractivity (Wildman–Crippen MR) is 81.4 cm³/mol. The van der Waals surface area contributed by atoms with Crippen LogP contribution in [-0.2, 0) is 23.2 Å². The fourth-order valence-electron chi connectivity index (χ4n) is 2.34. The summed E-state index contributed by atoms with van der Waals surface area (Å²) in [6, 6.07) is 11.0. The highest BCUT2D eigenvalue weighted by Gasteiger charge is 2.29. The molecule has 1 atom stereocenters. The third-order valence-corrected chi connectivity index (χ3v) is 3.60. The van der Waals surface area contributed by atoms with Crippen LogP contribution in [0.1, 0.15) is 12.1 Å². The van der Waals surface area contributed by atoms with Crippen LogP contribution >= 0.6 is 0 Å². The van der Waals surface area contributed by atoms with E-state index in [9.17, 15) is 9.59 Å². The molecule has 22 heavy (non-hydrogen) atoms. The van der Waals surface area contributed by atoms with Crippen LogP contribution in [0.5, 0.6) is 5.75 Å². The van der Waals surface area contributed by atoms with Crippen molar-refractivity contribution < 1.29 is 14.3 Å². The summed E-state index contributed by atoms with van der Waals surface area (Å²) in [6.45, 7) is 0.424. The van der Waals surface area contributed by atoms with Crippen LogP contribution in [0.25, 0.3) is 0 Å². The lowest BCUT2D eigenvalue weighted by atomic mass is 10.1. The molecule has 1 aromatic carbocycles. The number of ether oxygens (including phenoxy) is 1. The van der Waals surface area contributed by atoms with E-state index < -0.39 is 6.10 Å². The number of carbonyl (C=O) groups is 2. The van der Waals surface area contributed by atoms with Gasteiger partial charge in [0.25, 0.3) is 5.91 Å². The first-order valence-electron chi connectivity index (χ1n) is 7.07. The number of benzene rings is 1. The fourth-order valence-corrected chi connectivity index (χ4v) is 2.34. The molecule has 0 saturated carbocycles. The number of aromatic nitrogens is 1. The quantitative estimate of drug-likeness (QED) is 0.897. The van der Waals surface area contributed by atoms with Gasteiger partial charge in [0, 0.05) is 18.9 Å². The largest absolute Gasteiger partial charge is 0.478 e. The number of nitrogens with zero attached hydrogens (tertiary/aromatic N) is 1. The molecule has 1 aliphatic rings. The number of aryl methyl sites for hydroxylation is 1. The lowest BCUT2D eigenvalue weighted by molar-refractivity contribution is -0.130. The summed E-state index contributed by atoms with van der Waals surface area (Å²) >= 11 is 0. The van der Waals surface area contributed by atoms with Crippen molar-refractivity contribution in [1.82, 2.24) is 9.88 Å². The molecule has 0 aliphatic carbocycles. The van der Waals surface area contributed by atoms with E-state index in [-0.39, 0.29) is 18.2 Å². The molecule has 0 fully saturated rings. The van der Waals surface area contributed by atoms with Gasteiger partial charge in [-0.05, 0) is 24.3 Å². The molecule has 6 nitrogen and oxygen atoms in total. The van der Waals surface area contributed by atoms with Crippen LogP contribution in [0.2, 0.25) is 0 Å². The summed E-state index contributed by atoms with van der Waals surface area (Å²) in [5.74, 6) is 0.0655. The maximum Gasteiger partial charge on any atom is 0.266 e. The average molecular weight is 299 g/mol. The van der Waals surface area contributed by atoms with E-state index in [4.69, 9.17) is 4.74 Å². The van der Waals surface area contributed by atoms with Gasteiger partial charge in [-0.3, -0.25) is 9.59 Å². The van der Waals surface area contributed by atoms with Gasteiger partial charge in [-0.15, -0.1) is 0 Å². The van der Waals surface area contributed by atoms with Crippen molar-refractivity contribution in [1.29, 1.82) is 0 Å². The normalized spacial score (nSPS) is 16.4. The minimum absolute atomic E-state index is 0.00933. The number of carbonyl (C=O) groups excluding carboxylic acids is 2. The molecule has 0 unspecified atom stereocenters. The number of amides is 2. The smallest absolute Gasteiger partial charge is 0.266 e. The van der Waals surface area contributed by atoms with E-state index in [0.29, 0.717) is 18.0 Å². The molecule has 6 heteroatoms. The molecular weight excluding hydrogens is 282 g/mol. The molecule has 2 N–H and O–H groups in total. The lowest BCUT2D eigenvalue weighted by Crippen LogP contribution is -2.40. The number of rotatable bonds is 4. The Bertz CT molecular complexity index is 708. The topological polar surface area (TPSA) is 72.4 Å². The Hall–Kier alpha value is -2.76. The molecule has 0 saturated heterocycles. The van der Waals surface area contributed by atoms with E-state index in [1.54, 1.807) is 12.1 Å². The maximum atomic E-state index is 12.0. The van der Waals surface area contributed by atoms with Gasteiger partial charge in [-0.25, -0.2) is 0 Å². The first-order valence-corrected chi connectivity index (χ1v) is 7.07. The molecule has 0 bridgehead atoms. The molecule has 2 amide bonds. The van der Waals surface area contributed by atoms with Gasteiger partial charge in [0.05, 0.1) is 18.7 Å². The summed E-state index contributed by atoms with van der Waals surface area (Å²) in [7, 11) is 1.91. The minimum Gasteiger partial charge on any atom is -0.478 e. The summed E-state index contributed by atoms with van der Waals surface area (Å²) in [5, 5.41) is 5.54. The fraction of sp³-hybridized carbons (Fsp3) is 0.250. The van der Waals surface area contributed by atoms with Crippen molar-refractivity contribution in [3.8, 4) is 5.75 Å². The molecule has 114 valence electrons. The molecule has 1 aliphatic heterocycles. The molecule has 1 aromatic heterocycles. The Balaban J connectivity index is 1.58. The maximum absolute atomic E-state index is 12.0. The monoisotopic (exact) mass is 299 g/mol. The SMILES string of the molecule is Cn1cccc1CNC(=O)C[C@@H]1Oc2ccccc2NC1=O. The van der Waals surface area contributed by atoms with Crippen molar-refractivity contribution >= 4 is 17.5 Å². The lowest BCUT2D eigenvalue weighted by Gasteiger charge is -2.25. The number of para-hydroxylation sites is 2. The second-order valence-corrected chi connectivity index (χ2v) is 5.18. The Morgan fingerprint density at radius 2 is 2.14 bits per heavy atom. The highest BCUT2D eigenvalue weighted by atomic mass is 16.5. The summed E-state index contributed by atoms with van der Waals surface area (Å²) in [6.07, 6.45) is 1.10. The van der Waals surface area contributed by atoms with Crippen LogP contribution < -0.4 is 15.4 Å². The number of nitrogens with one attached hydrogen (secondary N) is 2. The first kappa shape index (κ1) is 14.2. The number of anilines is 1. The number of hydrogen-bond acceptors (Lipinski definition) is 3. The number of hydrogen-bond donors (Lipinski definition) is 2. The highest BCUT2D eigenvalue weighted by Crippen LogP contribution is 2.29. The molecule has 0 radical (unpaired) electrons. The van der Waals surface area contributed by atoms with Crippen molar-refractivity contribution in [2.75, 3.05) is 5.32 Å². The van der Waals surface area contributed by atoms with E-state index in [2.05, 4.69) is 10.6 Å². The van der Waals surface area contributed by atoms with Crippen molar-refractivity contribution in [2.24, 2.45) is 7.05 Å². The second kappa shape index (κ2) is 5.93. The zero-order chi connectivity index (χ0) is 15.5. The number of fused-ring (bicyclic) bond motifs is 1. The molecule has 2 heterocycles. The van der Waals surface area contributed by atoms with Gasteiger partial charge in [-0.1, -0.05) is 12.1 Å². The predicted octanol–water partition coefficient (Wildman–Crippen LogP) is 1.43. The molecule has 0 spiro atoms. The zero-order valence-corrected chi connectivity index (χ0v) is 12.2. The Kier molecular flexibility index (Phi) is 3.82. The van der Waals surface area contributed by atoms with Crippen LogP contribution in [0.3, 0.4) is 0 Å². The molecular formula is C16H17N3O3. The van der Waals surface area contributed by atoms with Crippen LogP contribution in [0, 0.1) is 0 Å². The van der Waals surface area contributed by atoms with E-state index >= 15 is 0 Å². The van der Waals surface area contributed by atoms with E-state index in [1.807, 2.05) is 42.1 Å².